The predicted octanol–water partition coefficient (Wildman–Crippen LogP) is 2.73. The van der Waals surface area contributed by atoms with Crippen LogP contribution in [0.3, 0.4) is 0 Å². The second-order valence-corrected chi connectivity index (χ2v) is 5.86. The highest BCUT2D eigenvalue weighted by atomic mass is 19.1. The summed E-state index contributed by atoms with van der Waals surface area (Å²) in [5.41, 5.74) is 0.814. The molecule has 1 N–H and O–H groups in total. The van der Waals surface area contributed by atoms with Gasteiger partial charge >= 0.3 is 0 Å². The van der Waals surface area contributed by atoms with Gasteiger partial charge in [-0.2, -0.15) is 0 Å². The van der Waals surface area contributed by atoms with E-state index < -0.39 is 0 Å². The molecule has 0 atom stereocenters. The summed E-state index contributed by atoms with van der Waals surface area (Å²) in [6.45, 7) is 3.56. The molecule has 1 aromatic carbocycles. The summed E-state index contributed by atoms with van der Waals surface area (Å²) < 4.78 is 18.9. The number of nitrogens with one attached hydrogen (secondary N) is 1. The average Bonchev–Trinajstić information content (AvgIpc) is 2.65. The van der Waals surface area contributed by atoms with E-state index in [0.29, 0.717) is 37.0 Å². The number of ether oxygens (including phenoxy) is 1. The molecule has 0 bridgehead atoms. The molecule has 1 aliphatic heterocycles. The molecule has 1 saturated heterocycles. The molecule has 0 saturated carbocycles. The first-order valence-electron chi connectivity index (χ1n) is 8.42. The van der Waals surface area contributed by atoms with Crippen molar-refractivity contribution in [3.05, 3.63) is 48.2 Å². The standard InChI is InChI=1S/C18H21FN4O2/c1-2-25-17-12-20-16(11-21-17)18(24)23-9-7-13(8-10-23)22-15-6-4-3-5-14(15)19/h3-6,11-13,22H,2,7-10H2,1H3. The Kier molecular flexibility index (Phi) is 5.42. The molecule has 2 aromatic rings. The molecule has 0 aliphatic carbocycles. The number of carbonyl (C=O) groups is 1. The smallest absolute Gasteiger partial charge is 0.274 e. The molecule has 25 heavy (non-hydrogen) atoms. The van der Waals surface area contributed by atoms with E-state index in [1.807, 2.05) is 6.92 Å². The van der Waals surface area contributed by atoms with E-state index in [2.05, 4.69) is 15.3 Å². The molecule has 1 fully saturated rings. The monoisotopic (exact) mass is 344 g/mol. The number of rotatable bonds is 5. The fraction of sp³-hybridized carbons (Fsp3) is 0.389. The van der Waals surface area contributed by atoms with Gasteiger partial charge in [0, 0.05) is 19.1 Å². The summed E-state index contributed by atoms with van der Waals surface area (Å²) in [5.74, 6) is 0.0115. The van der Waals surface area contributed by atoms with E-state index in [0.717, 1.165) is 12.8 Å². The molecular weight excluding hydrogens is 323 g/mol. The number of benzene rings is 1. The van der Waals surface area contributed by atoms with Gasteiger partial charge in [0.15, 0.2) is 0 Å². The summed E-state index contributed by atoms with van der Waals surface area (Å²) in [7, 11) is 0. The van der Waals surface area contributed by atoms with E-state index in [9.17, 15) is 9.18 Å². The van der Waals surface area contributed by atoms with Crippen LogP contribution in [0.15, 0.2) is 36.7 Å². The molecule has 1 amide bonds. The predicted molar refractivity (Wildman–Crippen MR) is 92.1 cm³/mol. The SMILES string of the molecule is CCOc1cnc(C(=O)N2CCC(Nc3ccccc3F)CC2)cn1. The van der Waals surface area contributed by atoms with Crippen LogP contribution in [0.4, 0.5) is 10.1 Å². The number of amides is 1. The highest BCUT2D eigenvalue weighted by Gasteiger charge is 2.25. The largest absolute Gasteiger partial charge is 0.477 e. The number of aromatic nitrogens is 2. The lowest BCUT2D eigenvalue weighted by molar-refractivity contribution is 0.0711. The van der Waals surface area contributed by atoms with Crippen molar-refractivity contribution >= 4 is 11.6 Å². The summed E-state index contributed by atoms with van der Waals surface area (Å²) in [6, 6.07) is 6.77. The zero-order chi connectivity index (χ0) is 17.6. The van der Waals surface area contributed by atoms with Crippen LogP contribution in [0, 0.1) is 5.82 Å². The number of piperidine rings is 1. The lowest BCUT2D eigenvalue weighted by Crippen LogP contribution is -2.42. The Morgan fingerprint density at radius 3 is 2.68 bits per heavy atom. The van der Waals surface area contributed by atoms with E-state index in [1.165, 1.54) is 18.5 Å². The molecule has 132 valence electrons. The number of para-hydroxylation sites is 1. The highest BCUT2D eigenvalue weighted by molar-refractivity contribution is 5.92. The quantitative estimate of drug-likeness (QED) is 0.903. The average molecular weight is 344 g/mol. The number of anilines is 1. The van der Waals surface area contributed by atoms with Crippen LogP contribution >= 0.6 is 0 Å². The van der Waals surface area contributed by atoms with Gasteiger partial charge in [-0.1, -0.05) is 12.1 Å². The Hall–Kier alpha value is -2.70. The van der Waals surface area contributed by atoms with Crippen LogP contribution < -0.4 is 10.1 Å². The third-order valence-corrected chi connectivity index (χ3v) is 4.16. The first-order chi connectivity index (χ1) is 12.2. The Bertz CT molecular complexity index is 715. The minimum Gasteiger partial charge on any atom is -0.477 e. The first kappa shape index (κ1) is 17.1. The minimum atomic E-state index is -0.259. The number of carbonyl (C=O) groups excluding carboxylic acids is 1. The minimum absolute atomic E-state index is 0.139. The Morgan fingerprint density at radius 2 is 2.04 bits per heavy atom. The van der Waals surface area contributed by atoms with Crippen molar-refractivity contribution in [2.45, 2.75) is 25.8 Å². The fourth-order valence-corrected chi connectivity index (χ4v) is 2.84. The number of halogens is 1. The number of nitrogens with zero attached hydrogens (tertiary/aromatic N) is 3. The van der Waals surface area contributed by atoms with Gasteiger partial charge in [0.2, 0.25) is 5.88 Å². The lowest BCUT2D eigenvalue weighted by atomic mass is 10.0. The maximum atomic E-state index is 13.7. The summed E-state index contributed by atoms with van der Waals surface area (Å²) in [6.07, 6.45) is 4.41. The Balaban J connectivity index is 1.54. The molecule has 1 aliphatic rings. The number of hydrogen-bond acceptors (Lipinski definition) is 5. The van der Waals surface area contributed by atoms with Crippen molar-refractivity contribution < 1.29 is 13.9 Å². The van der Waals surface area contributed by atoms with Crippen LogP contribution in [-0.2, 0) is 0 Å². The summed E-state index contributed by atoms with van der Waals surface area (Å²) in [5, 5.41) is 3.21. The lowest BCUT2D eigenvalue weighted by Gasteiger charge is -2.32. The van der Waals surface area contributed by atoms with Gasteiger partial charge in [-0.05, 0) is 31.9 Å². The molecule has 0 spiro atoms. The molecule has 6 nitrogen and oxygen atoms in total. The zero-order valence-corrected chi connectivity index (χ0v) is 14.1. The van der Waals surface area contributed by atoms with Gasteiger partial charge in [-0.15, -0.1) is 0 Å². The normalized spacial score (nSPS) is 15.0. The van der Waals surface area contributed by atoms with Gasteiger partial charge in [0.05, 0.1) is 24.7 Å². The van der Waals surface area contributed by atoms with Crippen LogP contribution in [-0.4, -0.2) is 46.5 Å². The van der Waals surface area contributed by atoms with Gasteiger partial charge in [-0.3, -0.25) is 4.79 Å². The highest BCUT2D eigenvalue weighted by Crippen LogP contribution is 2.20. The topological polar surface area (TPSA) is 67.3 Å². The van der Waals surface area contributed by atoms with Gasteiger partial charge in [0.25, 0.3) is 5.91 Å². The van der Waals surface area contributed by atoms with E-state index in [-0.39, 0.29) is 17.8 Å². The molecule has 7 heteroatoms. The van der Waals surface area contributed by atoms with Crippen molar-refractivity contribution in [2.24, 2.45) is 0 Å². The third-order valence-electron chi connectivity index (χ3n) is 4.16. The molecule has 2 heterocycles. The van der Waals surface area contributed by atoms with Crippen molar-refractivity contribution in [3.8, 4) is 5.88 Å². The maximum Gasteiger partial charge on any atom is 0.274 e. The fourth-order valence-electron chi connectivity index (χ4n) is 2.84. The van der Waals surface area contributed by atoms with Gasteiger partial charge in [-0.25, -0.2) is 14.4 Å². The summed E-state index contributed by atoms with van der Waals surface area (Å²) >= 11 is 0. The van der Waals surface area contributed by atoms with Crippen LogP contribution in [0.1, 0.15) is 30.3 Å². The maximum absolute atomic E-state index is 13.7. The third kappa shape index (κ3) is 4.23. The molecular formula is C18H21FN4O2. The molecule has 0 unspecified atom stereocenters. The Labute approximate surface area is 146 Å². The van der Waals surface area contributed by atoms with E-state index >= 15 is 0 Å². The number of likely N-dealkylation sites (tertiary alicyclic amines) is 1. The van der Waals surface area contributed by atoms with Crippen LogP contribution in [0.2, 0.25) is 0 Å². The van der Waals surface area contributed by atoms with Crippen molar-refractivity contribution in [2.75, 3.05) is 25.0 Å². The molecule has 1 aromatic heterocycles. The van der Waals surface area contributed by atoms with Gasteiger partial charge in [0.1, 0.15) is 11.5 Å². The zero-order valence-electron chi connectivity index (χ0n) is 14.1. The van der Waals surface area contributed by atoms with Crippen molar-refractivity contribution in [1.29, 1.82) is 0 Å². The second kappa shape index (κ2) is 7.92. The van der Waals surface area contributed by atoms with E-state index in [4.69, 9.17) is 4.74 Å². The summed E-state index contributed by atoms with van der Waals surface area (Å²) in [4.78, 5) is 22.4. The van der Waals surface area contributed by atoms with Crippen LogP contribution in [0.5, 0.6) is 5.88 Å². The second-order valence-electron chi connectivity index (χ2n) is 5.86. The molecule has 3 rings (SSSR count). The Morgan fingerprint density at radius 1 is 1.28 bits per heavy atom. The first-order valence-corrected chi connectivity index (χ1v) is 8.42. The van der Waals surface area contributed by atoms with E-state index in [1.54, 1.807) is 23.1 Å². The van der Waals surface area contributed by atoms with Gasteiger partial charge < -0.3 is 15.0 Å². The van der Waals surface area contributed by atoms with Crippen molar-refractivity contribution in [3.63, 3.8) is 0 Å². The van der Waals surface area contributed by atoms with Crippen LogP contribution in [0.25, 0.3) is 0 Å². The van der Waals surface area contributed by atoms with Crippen molar-refractivity contribution in [1.82, 2.24) is 14.9 Å². The molecule has 0 radical (unpaired) electrons. The number of hydrogen-bond donors (Lipinski definition) is 1.